The lowest BCUT2D eigenvalue weighted by atomic mass is 10.1. The molecule has 6 nitrogen and oxygen atoms in total. The number of benzene rings is 1. The first-order valence-corrected chi connectivity index (χ1v) is 9.08. The van der Waals surface area contributed by atoms with Crippen LogP contribution in [0.5, 0.6) is 0 Å². The fourth-order valence-corrected chi connectivity index (χ4v) is 3.11. The lowest BCUT2D eigenvalue weighted by molar-refractivity contribution is -0.921. The molecule has 1 aromatic carbocycles. The van der Waals surface area contributed by atoms with Gasteiger partial charge >= 0.3 is 5.97 Å². The van der Waals surface area contributed by atoms with E-state index in [1.165, 1.54) is 23.3 Å². The fraction of sp³-hybridized carbons (Fsp3) is 0.579. The highest BCUT2D eigenvalue weighted by Gasteiger charge is 2.29. The molecule has 6 heteroatoms. The second-order valence-electron chi connectivity index (χ2n) is 7.01. The van der Waals surface area contributed by atoms with Crippen molar-refractivity contribution in [1.82, 2.24) is 5.32 Å². The molecule has 1 amide bonds. The van der Waals surface area contributed by atoms with Crippen LogP contribution in [-0.2, 0) is 20.8 Å². The molecule has 1 aliphatic carbocycles. The van der Waals surface area contributed by atoms with Crippen LogP contribution in [0.15, 0.2) is 24.3 Å². The summed E-state index contributed by atoms with van der Waals surface area (Å²) in [7, 11) is 0. The molecule has 1 heterocycles. The monoisotopic (exact) mass is 347 g/mol. The average Bonchev–Trinajstić information content (AvgIpc) is 3.46. The molecule has 0 spiro atoms. The Balaban J connectivity index is 1.42. The molecule has 1 atom stereocenters. The summed E-state index contributed by atoms with van der Waals surface area (Å²) in [5.74, 6) is -0.111. The van der Waals surface area contributed by atoms with Crippen molar-refractivity contribution in [2.75, 3.05) is 32.9 Å². The van der Waals surface area contributed by atoms with E-state index in [1.807, 2.05) is 19.1 Å². The van der Waals surface area contributed by atoms with Crippen molar-refractivity contribution in [3.63, 3.8) is 0 Å². The maximum Gasteiger partial charge on any atom is 0.338 e. The SMILES string of the molecule is C[C@@H](NC(=O)COC(=O)c1ccc(C[NH+]2CCOCC2)cc1)C1CC1. The number of carbonyl (C=O) groups excluding carboxylic acids is 2. The molecule has 1 aliphatic heterocycles. The van der Waals surface area contributed by atoms with Gasteiger partial charge in [0.25, 0.3) is 5.91 Å². The molecule has 136 valence electrons. The zero-order chi connectivity index (χ0) is 17.6. The van der Waals surface area contributed by atoms with E-state index in [4.69, 9.17) is 9.47 Å². The lowest BCUT2D eigenvalue weighted by Gasteiger charge is -2.23. The number of esters is 1. The Morgan fingerprint density at radius 2 is 1.92 bits per heavy atom. The van der Waals surface area contributed by atoms with Crippen LogP contribution in [0.3, 0.4) is 0 Å². The predicted molar refractivity (Wildman–Crippen MR) is 92.3 cm³/mol. The number of carbonyl (C=O) groups is 2. The summed E-state index contributed by atoms with van der Waals surface area (Å²) in [4.78, 5) is 25.3. The first-order valence-electron chi connectivity index (χ1n) is 9.08. The average molecular weight is 347 g/mol. The summed E-state index contributed by atoms with van der Waals surface area (Å²) >= 11 is 0. The van der Waals surface area contributed by atoms with Crippen molar-refractivity contribution >= 4 is 11.9 Å². The number of nitrogens with one attached hydrogen (secondary N) is 2. The molecule has 1 aromatic rings. The third kappa shape index (κ3) is 5.54. The maximum absolute atomic E-state index is 12.1. The highest BCUT2D eigenvalue weighted by molar-refractivity contribution is 5.91. The van der Waals surface area contributed by atoms with Crippen LogP contribution < -0.4 is 10.2 Å². The number of morpholine rings is 1. The van der Waals surface area contributed by atoms with E-state index in [2.05, 4.69) is 5.32 Å². The first kappa shape index (κ1) is 17.9. The predicted octanol–water partition coefficient (Wildman–Crippen LogP) is 0.173. The normalized spacial score (nSPS) is 19.2. The van der Waals surface area contributed by atoms with Crippen molar-refractivity contribution in [3.05, 3.63) is 35.4 Å². The van der Waals surface area contributed by atoms with Gasteiger partial charge in [0.1, 0.15) is 19.6 Å². The zero-order valence-corrected chi connectivity index (χ0v) is 14.8. The third-order valence-electron chi connectivity index (χ3n) is 4.90. The van der Waals surface area contributed by atoms with E-state index < -0.39 is 5.97 Å². The minimum Gasteiger partial charge on any atom is -0.452 e. The van der Waals surface area contributed by atoms with E-state index >= 15 is 0 Å². The fourth-order valence-electron chi connectivity index (χ4n) is 3.11. The van der Waals surface area contributed by atoms with Gasteiger partial charge < -0.3 is 19.7 Å². The lowest BCUT2D eigenvalue weighted by Crippen LogP contribution is -3.12. The Kier molecular flexibility index (Phi) is 6.04. The van der Waals surface area contributed by atoms with Gasteiger partial charge in [-0.2, -0.15) is 0 Å². The van der Waals surface area contributed by atoms with E-state index in [1.54, 1.807) is 12.1 Å². The van der Waals surface area contributed by atoms with Gasteiger partial charge in [0.05, 0.1) is 18.8 Å². The second kappa shape index (κ2) is 8.45. The zero-order valence-electron chi connectivity index (χ0n) is 14.8. The highest BCUT2D eigenvalue weighted by atomic mass is 16.5. The van der Waals surface area contributed by atoms with Crippen molar-refractivity contribution in [2.45, 2.75) is 32.4 Å². The molecule has 3 rings (SSSR count). The topological polar surface area (TPSA) is 69.1 Å². The van der Waals surface area contributed by atoms with Gasteiger partial charge in [-0.1, -0.05) is 12.1 Å². The van der Waals surface area contributed by atoms with Gasteiger partial charge in [0.15, 0.2) is 6.61 Å². The molecule has 2 fully saturated rings. The maximum atomic E-state index is 12.1. The van der Waals surface area contributed by atoms with Crippen LogP contribution in [0.4, 0.5) is 0 Å². The van der Waals surface area contributed by atoms with Crippen LogP contribution in [0.1, 0.15) is 35.7 Å². The Bertz CT molecular complexity index is 592. The summed E-state index contributed by atoms with van der Waals surface area (Å²) in [6.07, 6.45) is 2.33. The minimum atomic E-state index is -0.459. The Morgan fingerprint density at radius 1 is 1.24 bits per heavy atom. The molecule has 1 saturated carbocycles. The van der Waals surface area contributed by atoms with Gasteiger partial charge in [-0.05, 0) is 37.8 Å². The van der Waals surface area contributed by atoms with E-state index in [0.29, 0.717) is 11.5 Å². The van der Waals surface area contributed by atoms with E-state index in [9.17, 15) is 9.59 Å². The molecular weight excluding hydrogens is 320 g/mol. The van der Waals surface area contributed by atoms with Crippen LogP contribution in [0.25, 0.3) is 0 Å². The second-order valence-corrected chi connectivity index (χ2v) is 7.01. The van der Waals surface area contributed by atoms with Crippen LogP contribution in [0.2, 0.25) is 0 Å². The summed E-state index contributed by atoms with van der Waals surface area (Å²) in [6.45, 7) is 6.33. The van der Waals surface area contributed by atoms with Gasteiger partial charge in [-0.15, -0.1) is 0 Å². The molecule has 2 aliphatic rings. The summed E-state index contributed by atoms with van der Waals surface area (Å²) < 4.78 is 10.5. The smallest absolute Gasteiger partial charge is 0.338 e. The minimum absolute atomic E-state index is 0.160. The molecule has 25 heavy (non-hydrogen) atoms. The van der Waals surface area contributed by atoms with E-state index in [-0.39, 0.29) is 18.6 Å². The molecule has 0 radical (unpaired) electrons. The van der Waals surface area contributed by atoms with Gasteiger partial charge in [-0.25, -0.2) is 4.79 Å². The summed E-state index contributed by atoms with van der Waals surface area (Å²) in [6, 6.07) is 7.60. The largest absolute Gasteiger partial charge is 0.452 e. The van der Waals surface area contributed by atoms with Gasteiger partial charge in [0.2, 0.25) is 0 Å². The van der Waals surface area contributed by atoms with Gasteiger partial charge in [0, 0.05) is 11.6 Å². The van der Waals surface area contributed by atoms with E-state index in [0.717, 1.165) is 32.8 Å². The molecule has 0 bridgehead atoms. The Labute approximate surface area is 148 Å². The highest BCUT2D eigenvalue weighted by Crippen LogP contribution is 2.32. The summed E-state index contributed by atoms with van der Waals surface area (Å²) in [5, 5.41) is 2.87. The first-order chi connectivity index (χ1) is 12.1. The molecular formula is C19H27N2O4+. The van der Waals surface area contributed by atoms with Crippen molar-refractivity contribution < 1.29 is 24.0 Å². The number of hydrogen-bond donors (Lipinski definition) is 2. The number of quaternary nitrogens is 1. The number of ether oxygens (including phenoxy) is 2. The van der Waals surface area contributed by atoms with Crippen molar-refractivity contribution in [2.24, 2.45) is 5.92 Å². The van der Waals surface area contributed by atoms with Crippen LogP contribution in [-0.4, -0.2) is 50.8 Å². The van der Waals surface area contributed by atoms with Crippen LogP contribution in [0, 0.1) is 5.92 Å². The van der Waals surface area contributed by atoms with Gasteiger partial charge in [-0.3, -0.25) is 4.79 Å². The molecule has 2 N–H and O–H groups in total. The molecule has 0 unspecified atom stereocenters. The number of hydrogen-bond acceptors (Lipinski definition) is 4. The van der Waals surface area contributed by atoms with Crippen molar-refractivity contribution in [3.8, 4) is 0 Å². The Morgan fingerprint density at radius 3 is 2.56 bits per heavy atom. The Hall–Kier alpha value is -1.92. The number of rotatable bonds is 7. The van der Waals surface area contributed by atoms with Crippen LogP contribution >= 0.6 is 0 Å². The van der Waals surface area contributed by atoms with Crippen molar-refractivity contribution in [1.29, 1.82) is 0 Å². The number of amides is 1. The quantitative estimate of drug-likeness (QED) is 0.690. The standard InChI is InChI=1S/C19H26N2O4/c1-14(16-6-7-16)20-18(22)13-25-19(23)17-4-2-15(3-5-17)12-21-8-10-24-11-9-21/h2-5,14,16H,6-13H2,1H3,(H,20,22)/p+1/t14-/m1/s1. The molecule has 0 aromatic heterocycles. The summed E-state index contributed by atoms with van der Waals surface area (Å²) in [5.41, 5.74) is 1.66. The molecule has 1 saturated heterocycles. The third-order valence-corrected chi connectivity index (χ3v) is 4.90.